The van der Waals surface area contributed by atoms with E-state index in [1.165, 1.54) is 0 Å². The Morgan fingerprint density at radius 3 is 1.41 bits per heavy atom. The Morgan fingerprint density at radius 2 is 0.953 bits per heavy atom. The monoisotopic (exact) mass is 906 g/mol. The molecule has 0 saturated carbocycles. The maximum Gasteiger partial charge on any atom is 0.472 e. The largest absolute Gasteiger partial charge is 0.472 e. The summed E-state index contributed by atoms with van der Waals surface area (Å²) in [4.78, 5) is 23.0. The van der Waals surface area contributed by atoms with Crippen LogP contribution in [0.25, 0.3) is 0 Å². The summed E-state index contributed by atoms with van der Waals surface area (Å²) in [6.07, 6.45) is 69.7. The fourth-order valence-electron chi connectivity index (χ4n) is 5.74. The summed E-state index contributed by atoms with van der Waals surface area (Å²) in [5.41, 5.74) is 0. The molecule has 0 saturated heterocycles. The smallest absolute Gasteiger partial charge is 0.387 e. The van der Waals surface area contributed by atoms with E-state index in [2.05, 4.69) is 153 Å². The topological polar surface area (TPSA) is 105 Å². The minimum atomic E-state index is -4.35. The molecule has 0 aromatic heterocycles. The van der Waals surface area contributed by atoms with Gasteiger partial charge >= 0.3 is 7.82 Å². The van der Waals surface area contributed by atoms with E-state index in [9.17, 15) is 19.4 Å². The van der Waals surface area contributed by atoms with E-state index in [0.29, 0.717) is 17.4 Å². The van der Waals surface area contributed by atoms with Crippen LogP contribution in [0.1, 0.15) is 142 Å². The number of hydrogen-bond donors (Lipinski definition) is 3. The quantitative estimate of drug-likeness (QED) is 0.0244. The first kappa shape index (κ1) is 60.4. The Bertz CT molecular complexity index is 1540. The van der Waals surface area contributed by atoms with Crippen molar-refractivity contribution in [1.82, 2.24) is 5.32 Å². The van der Waals surface area contributed by atoms with Gasteiger partial charge in [0.05, 0.1) is 39.9 Å². The molecule has 0 bridgehead atoms. The van der Waals surface area contributed by atoms with Gasteiger partial charge in [0, 0.05) is 6.42 Å². The zero-order valence-corrected chi connectivity index (χ0v) is 41.6. The molecule has 360 valence electrons. The molecule has 0 radical (unpaired) electrons. The Balaban J connectivity index is 4.18. The molecule has 0 aliphatic carbocycles. The number of nitrogens with one attached hydrogen (secondary N) is 1. The van der Waals surface area contributed by atoms with Crippen LogP contribution in [0.2, 0.25) is 0 Å². The molecule has 9 heteroatoms. The van der Waals surface area contributed by atoms with Crippen LogP contribution in [0.15, 0.2) is 146 Å². The highest BCUT2D eigenvalue weighted by Crippen LogP contribution is 2.43. The molecule has 0 heterocycles. The minimum Gasteiger partial charge on any atom is -0.387 e. The molecule has 1 amide bonds. The van der Waals surface area contributed by atoms with Gasteiger partial charge in [-0.2, -0.15) is 0 Å². The normalized spacial score (nSPS) is 15.4. The Kier molecular flexibility index (Phi) is 42.1. The summed E-state index contributed by atoms with van der Waals surface area (Å²) in [5.74, 6) is -0.225. The first-order chi connectivity index (χ1) is 31.0. The zero-order valence-electron chi connectivity index (χ0n) is 40.7. The minimum absolute atomic E-state index is 0.0414. The van der Waals surface area contributed by atoms with Crippen LogP contribution in [-0.4, -0.2) is 73.4 Å². The van der Waals surface area contributed by atoms with Crippen molar-refractivity contribution >= 4 is 13.7 Å². The fourth-order valence-corrected chi connectivity index (χ4v) is 6.47. The molecule has 0 rings (SSSR count). The van der Waals surface area contributed by atoms with Gasteiger partial charge in [-0.15, -0.1) is 0 Å². The molecule has 0 spiro atoms. The molecule has 0 aliphatic rings. The number of unbranched alkanes of at least 4 members (excludes halogenated alkanes) is 6. The summed E-state index contributed by atoms with van der Waals surface area (Å²) in [6.45, 7) is 4.50. The number of phosphoric acid groups is 1. The van der Waals surface area contributed by atoms with Gasteiger partial charge in [0.2, 0.25) is 5.91 Å². The lowest BCUT2D eigenvalue weighted by atomic mass is 10.1. The number of aliphatic hydroxyl groups is 1. The number of aliphatic hydroxyl groups excluding tert-OH is 1. The van der Waals surface area contributed by atoms with E-state index in [0.717, 1.165) is 122 Å². The maximum absolute atomic E-state index is 12.8. The molecular weight excluding hydrogens is 816 g/mol. The predicted molar refractivity (Wildman–Crippen MR) is 276 cm³/mol. The van der Waals surface area contributed by atoms with Gasteiger partial charge in [-0.1, -0.05) is 179 Å². The second-order valence-electron chi connectivity index (χ2n) is 16.7. The predicted octanol–water partition coefficient (Wildman–Crippen LogP) is 14.2. The molecule has 3 atom stereocenters. The van der Waals surface area contributed by atoms with E-state index < -0.39 is 20.0 Å². The van der Waals surface area contributed by atoms with Crippen LogP contribution in [0.5, 0.6) is 0 Å². The third kappa shape index (κ3) is 46.4. The number of amides is 1. The Morgan fingerprint density at radius 1 is 0.547 bits per heavy atom. The summed E-state index contributed by atoms with van der Waals surface area (Å²) in [7, 11) is 1.50. The first-order valence-electron chi connectivity index (χ1n) is 24.2. The average Bonchev–Trinajstić information content (AvgIpc) is 3.25. The molecule has 8 nitrogen and oxygen atoms in total. The van der Waals surface area contributed by atoms with Gasteiger partial charge in [-0.25, -0.2) is 4.57 Å². The van der Waals surface area contributed by atoms with Crippen molar-refractivity contribution in [1.29, 1.82) is 0 Å². The Labute approximate surface area is 391 Å². The van der Waals surface area contributed by atoms with Crippen molar-refractivity contribution < 1.29 is 32.9 Å². The lowest BCUT2D eigenvalue weighted by molar-refractivity contribution is -0.870. The van der Waals surface area contributed by atoms with Gasteiger partial charge in [0.15, 0.2) is 0 Å². The van der Waals surface area contributed by atoms with Crippen molar-refractivity contribution in [3.05, 3.63) is 146 Å². The molecule has 3 unspecified atom stereocenters. The van der Waals surface area contributed by atoms with E-state index in [1.54, 1.807) is 6.08 Å². The van der Waals surface area contributed by atoms with Crippen LogP contribution >= 0.6 is 7.82 Å². The second-order valence-corrected chi connectivity index (χ2v) is 18.2. The van der Waals surface area contributed by atoms with Gasteiger partial charge in [-0.3, -0.25) is 13.8 Å². The van der Waals surface area contributed by atoms with Gasteiger partial charge in [0.25, 0.3) is 0 Å². The lowest BCUT2D eigenvalue weighted by Crippen LogP contribution is -2.45. The van der Waals surface area contributed by atoms with Gasteiger partial charge in [-0.05, 0) is 103 Å². The summed E-state index contributed by atoms with van der Waals surface area (Å²) < 4.78 is 23.4. The van der Waals surface area contributed by atoms with Crippen LogP contribution in [-0.2, 0) is 18.4 Å². The van der Waals surface area contributed by atoms with E-state index in [-0.39, 0.29) is 19.1 Å². The fraction of sp³-hybridized carbons (Fsp3) is 0.545. The maximum atomic E-state index is 12.8. The number of allylic oxidation sites excluding steroid dienone is 23. The zero-order chi connectivity index (χ0) is 47.1. The SMILES string of the molecule is CC/C=C\C/C=C\C/C=C\C/C=C\C/C=C\C/C=C\C/C=C\C/C=C\C/C=C\C/C=C\CCCCCCC(=O)NC(COP(=O)(O)OCC[N+](C)(C)C)C(O)/C=C/CC/C=C/CCC. The Hall–Kier alpha value is -3.62. The summed E-state index contributed by atoms with van der Waals surface area (Å²) in [5, 5.41) is 13.7. The molecule has 0 aromatic rings. The van der Waals surface area contributed by atoms with Crippen molar-refractivity contribution in [3.8, 4) is 0 Å². The molecule has 64 heavy (non-hydrogen) atoms. The number of phosphoric ester groups is 1. The number of carbonyl (C=O) groups excluding carboxylic acids is 1. The van der Waals surface area contributed by atoms with E-state index in [4.69, 9.17) is 9.05 Å². The van der Waals surface area contributed by atoms with Crippen LogP contribution in [0.4, 0.5) is 0 Å². The highest BCUT2D eigenvalue weighted by molar-refractivity contribution is 7.47. The number of quaternary nitrogens is 1. The number of likely N-dealkylation sites (N-methyl/N-ethyl adjacent to an activating group) is 1. The molecule has 0 aromatic carbocycles. The third-order valence-electron chi connectivity index (χ3n) is 9.52. The molecular formula is C55H90N2O6P+. The molecule has 3 N–H and O–H groups in total. The van der Waals surface area contributed by atoms with E-state index in [1.807, 2.05) is 27.2 Å². The summed E-state index contributed by atoms with van der Waals surface area (Å²) in [6, 6.07) is -0.885. The molecule has 0 fully saturated rings. The van der Waals surface area contributed by atoms with Crippen LogP contribution in [0, 0.1) is 0 Å². The van der Waals surface area contributed by atoms with Gasteiger partial charge in [0.1, 0.15) is 13.2 Å². The number of hydrogen-bond acceptors (Lipinski definition) is 5. The highest BCUT2D eigenvalue weighted by Gasteiger charge is 2.27. The van der Waals surface area contributed by atoms with Crippen LogP contribution < -0.4 is 5.32 Å². The summed E-state index contributed by atoms with van der Waals surface area (Å²) >= 11 is 0. The lowest BCUT2D eigenvalue weighted by Gasteiger charge is -2.25. The highest BCUT2D eigenvalue weighted by atomic mass is 31.2. The van der Waals surface area contributed by atoms with Crippen molar-refractivity contribution in [3.63, 3.8) is 0 Å². The van der Waals surface area contributed by atoms with Gasteiger partial charge < -0.3 is 19.8 Å². The van der Waals surface area contributed by atoms with Crippen molar-refractivity contribution in [2.45, 2.75) is 154 Å². The van der Waals surface area contributed by atoms with E-state index >= 15 is 0 Å². The number of carbonyl (C=O) groups is 1. The molecule has 0 aliphatic heterocycles. The third-order valence-corrected chi connectivity index (χ3v) is 10.5. The number of nitrogens with zero attached hydrogens (tertiary/aromatic N) is 1. The standard InChI is InChI=1S/C55H89N2O6P/c1-6-8-10-12-14-15-16-17-18-19-20-21-22-23-24-25-26-27-28-29-30-31-32-33-34-35-36-37-38-39-40-41-43-45-47-49-55(59)56-53(54(58)48-46-44-42-13-11-9-7-2)52-63-64(60,61)62-51-50-57(3,4)5/h8,10-11,13-15,17-18,20-21,23-24,26-27,29-30,32-33,35-36,38-39,46,48,53-54,58H,6-7,9,12,16,19,22,25,28,31,34,37,40-45,47,49-52H2,1-5H3,(H-,56,59,60,61)/p+1/b10-8-,13-11+,15-14-,18-17-,21-20-,24-23-,27-26-,30-29-,33-32-,36-35-,39-38-,48-46+. The van der Waals surface area contributed by atoms with Crippen molar-refractivity contribution in [2.24, 2.45) is 0 Å². The number of rotatable bonds is 41. The average molecular weight is 906 g/mol. The second kappa shape index (κ2) is 44.6. The van der Waals surface area contributed by atoms with Crippen molar-refractivity contribution in [2.75, 3.05) is 40.9 Å². The first-order valence-corrected chi connectivity index (χ1v) is 25.7. The van der Waals surface area contributed by atoms with Crippen LogP contribution in [0.3, 0.4) is 0 Å².